The molecule has 0 saturated carbocycles. The molecule has 0 radical (unpaired) electrons. The molecule has 0 aromatic heterocycles. The van der Waals surface area contributed by atoms with Crippen molar-refractivity contribution in [1.82, 2.24) is 0 Å². The van der Waals surface area contributed by atoms with E-state index in [9.17, 15) is 4.79 Å². The van der Waals surface area contributed by atoms with Gasteiger partial charge in [-0.1, -0.05) is 114 Å². The molecule has 0 heterocycles. The van der Waals surface area contributed by atoms with E-state index in [1.165, 1.54) is 86.1 Å². The lowest BCUT2D eigenvalue weighted by Gasteiger charge is -2.25. The number of hydrogen-bond acceptors (Lipinski definition) is 2. The van der Waals surface area contributed by atoms with Crippen LogP contribution in [0.15, 0.2) is 42.5 Å². The minimum atomic E-state index is -0.254. The fourth-order valence-electron chi connectivity index (χ4n) is 4.88. The summed E-state index contributed by atoms with van der Waals surface area (Å²) < 4.78 is 5.96. The van der Waals surface area contributed by atoms with E-state index in [0.29, 0.717) is 6.42 Å². The summed E-state index contributed by atoms with van der Waals surface area (Å²) in [5, 5.41) is 2.51. The van der Waals surface area contributed by atoms with Crippen LogP contribution in [0.3, 0.4) is 0 Å². The second-order valence-corrected chi connectivity index (χ2v) is 9.39. The van der Waals surface area contributed by atoms with E-state index in [-0.39, 0.29) is 12.1 Å². The quantitative estimate of drug-likeness (QED) is 0.206. The van der Waals surface area contributed by atoms with Crippen LogP contribution in [-0.4, -0.2) is 5.97 Å². The Morgan fingerprint density at radius 1 is 0.781 bits per heavy atom. The summed E-state index contributed by atoms with van der Waals surface area (Å²) in [7, 11) is 0. The van der Waals surface area contributed by atoms with Crippen LogP contribution in [0, 0.1) is 0 Å². The van der Waals surface area contributed by atoms with Crippen LogP contribution in [0.4, 0.5) is 0 Å². The molecule has 2 aromatic rings. The maximum atomic E-state index is 12.4. The Bertz CT molecular complexity index is 874. The highest BCUT2D eigenvalue weighted by atomic mass is 16.5. The lowest BCUT2D eigenvalue weighted by molar-refractivity contribution is -0.147. The highest BCUT2D eigenvalue weighted by Crippen LogP contribution is 2.41. The van der Waals surface area contributed by atoms with Gasteiger partial charge in [-0.25, -0.2) is 0 Å². The molecule has 1 atom stereocenters. The molecule has 2 nitrogen and oxygen atoms in total. The molecule has 2 aromatic carbocycles. The zero-order valence-electron chi connectivity index (χ0n) is 20.3. The molecule has 0 spiro atoms. The second-order valence-electron chi connectivity index (χ2n) is 9.39. The smallest absolute Gasteiger partial charge is 0.306 e. The monoisotopic (exact) mass is 434 g/mol. The molecule has 0 amide bonds. The van der Waals surface area contributed by atoms with Crippen LogP contribution >= 0.6 is 0 Å². The van der Waals surface area contributed by atoms with Crippen LogP contribution in [0.1, 0.15) is 121 Å². The molecule has 0 aliphatic heterocycles. The van der Waals surface area contributed by atoms with Gasteiger partial charge >= 0.3 is 5.97 Å². The predicted octanol–water partition coefficient (Wildman–Crippen LogP) is 9.32. The summed E-state index contributed by atoms with van der Waals surface area (Å²) in [5.74, 6) is -0.0808. The number of esters is 1. The standard InChI is InChI=1S/C30H42O2/c1-3-5-7-8-9-10-11-12-13-14-17-25-23-28(32-29(31)22-6-4-2)27-21-16-19-24-18-15-20-26(25)30(24)27/h15-16,18-21,23,28H,3-14,17,22H2,1-2H3. The number of benzene rings is 2. The van der Waals surface area contributed by atoms with Crippen molar-refractivity contribution in [1.29, 1.82) is 0 Å². The van der Waals surface area contributed by atoms with E-state index >= 15 is 0 Å². The topological polar surface area (TPSA) is 26.3 Å². The number of ether oxygens (including phenoxy) is 1. The minimum Gasteiger partial charge on any atom is -0.453 e. The molecule has 174 valence electrons. The average Bonchev–Trinajstić information content (AvgIpc) is 2.81. The summed E-state index contributed by atoms with van der Waals surface area (Å²) in [6.45, 7) is 4.38. The van der Waals surface area contributed by atoms with Gasteiger partial charge in [0.1, 0.15) is 6.10 Å². The Morgan fingerprint density at radius 3 is 2.09 bits per heavy atom. The number of unbranched alkanes of at least 4 members (excludes halogenated alkanes) is 10. The lowest BCUT2D eigenvalue weighted by Crippen LogP contribution is -2.13. The third-order valence-electron chi connectivity index (χ3n) is 6.73. The number of allylic oxidation sites excluding steroid dienone is 1. The molecular weight excluding hydrogens is 392 g/mol. The largest absolute Gasteiger partial charge is 0.453 e. The zero-order valence-corrected chi connectivity index (χ0v) is 20.3. The van der Waals surface area contributed by atoms with Gasteiger partial charge in [0, 0.05) is 12.0 Å². The fraction of sp³-hybridized carbons (Fsp3) is 0.567. The summed E-state index contributed by atoms with van der Waals surface area (Å²) >= 11 is 0. The van der Waals surface area contributed by atoms with E-state index in [2.05, 4.69) is 56.3 Å². The van der Waals surface area contributed by atoms with Crippen LogP contribution in [-0.2, 0) is 9.53 Å². The van der Waals surface area contributed by atoms with Crippen molar-refractivity contribution in [3.63, 3.8) is 0 Å². The van der Waals surface area contributed by atoms with Crippen molar-refractivity contribution in [2.75, 3.05) is 0 Å². The van der Waals surface area contributed by atoms with Gasteiger partial charge in [-0.15, -0.1) is 0 Å². The molecule has 32 heavy (non-hydrogen) atoms. The van der Waals surface area contributed by atoms with Gasteiger partial charge in [0.05, 0.1) is 0 Å². The fourth-order valence-corrected chi connectivity index (χ4v) is 4.88. The van der Waals surface area contributed by atoms with Gasteiger partial charge in [-0.3, -0.25) is 4.79 Å². The Hall–Kier alpha value is -2.09. The zero-order chi connectivity index (χ0) is 22.6. The van der Waals surface area contributed by atoms with Crippen molar-refractivity contribution in [2.24, 2.45) is 0 Å². The molecule has 0 N–H and O–H groups in total. The van der Waals surface area contributed by atoms with Gasteiger partial charge in [0.25, 0.3) is 0 Å². The third-order valence-corrected chi connectivity index (χ3v) is 6.73. The summed E-state index contributed by atoms with van der Waals surface area (Å²) in [6, 6.07) is 12.9. The highest BCUT2D eigenvalue weighted by Gasteiger charge is 2.24. The molecule has 0 fully saturated rings. The molecule has 1 aliphatic carbocycles. The molecule has 1 unspecified atom stereocenters. The van der Waals surface area contributed by atoms with Crippen molar-refractivity contribution in [2.45, 2.75) is 110 Å². The Balaban J connectivity index is 1.58. The normalized spacial score (nSPS) is 15.1. The Kier molecular flexibility index (Phi) is 10.3. The molecule has 2 heteroatoms. The van der Waals surface area contributed by atoms with Crippen molar-refractivity contribution >= 4 is 22.3 Å². The maximum absolute atomic E-state index is 12.4. The molecular formula is C30H42O2. The van der Waals surface area contributed by atoms with Gasteiger partial charge < -0.3 is 4.74 Å². The van der Waals surface area contributed by atoms with Gasteiger partial charge in [0.2, 0.25) is 0 Å². The summed E-state index contributed by atoms with van der Waals surface area (Å²) in [6.07, 6.45) is 18.9. The molecule has 1 aliphatic rings. The van der Waals surface area contributed by atoms with Gasteiger partial charge in [-0.2, -0.15) is 0 Å². The maximum Gasteiger partial charge on any atom is 0.306 e. The molecule has 3 rings (SSSR count). The van der Waals surface area contributed by atoms with E-state index < -0.39 is 0 Å². The first kappa shape index (κ1) is 24.6. The predicted molar refractivity (Wildman–Crippen MR) is 137 cm³/mol. The lowest BCUT2D eigenvalue weighted by atomic mass is 9.84. The molecule has 0 bridgehead atoms. The first-order valence-corrected chi connectivity index (χ1v) is 13.2. The van der Waals surface area contributed by atoms with E-state index in [1.54, 1.807) is 0 Å². The first-order chi connectivity index (χ1) is 15.7. The summed E-state index contributed by atoms with van der Waals surface area (Å²) in [4.78, 5) is 12.4. The van der Waals surface area contributed by atoms with Crippen molar-refractivity contribution in [3.05, 3.63) is 53.6 Å². The highest BCUT2D eigenvalue weighted by molar-refractivity contribution is 5.98. The van der Waals surface area contributed by atoms with Crippen LogP contribution in [0.25, 0.3) is 16.3 Å². The Morgan fingerprint density at radius 2 is 1.41 bits per heavy atom. The van der Waals surface area contributed by atoms with Crippen LogP contribution in [0.2, 0.25) is 0 Å². The number of rotatable bonds is 15. The number of carbonyl (C=O) groups excluding carboxylic acids is 1. The van der Waals surface area contributed by atoms with Gasteiger partial charge in [-0.05, 0) is 47.2 Å². The average molecular weight is 435 g/mol. The Labute approximate surface area is 195 Å². The van der Waals surface area contributed by atoms with Gasteiger partial charge in [0.15, 0.2) is 0 Å². The second kappa shape index (κ2) is 13.5. The first-order valence-electron chi connectivity index (χ1n) is 13.2. The number of hydrogen-bond donors (Lipinski definition) is 0. The third kappa shape index (κ3) is 6.95. The van der Waals surface area contributed by atoms with Crippen molar-refractivity contribution in [3.8, 4) is 0 Å². The van der Waals surface area contributed by atoms with E-state index in [4.69, 9.17) is 4.74 Å². The van der Waals surface area contributed by atoms with E-state index in [0.717, 1.165) is 24.8 Å². The SMILES string of the molecule is CCCCCCCCCCCCC1=CC(OC(=O)CCCC)c2cccc3cccc1c23. The van der Waals surface area contributed by atoms with E-state index in [1.807, 2.05) is 0 Å². The minimum absolute atomic E-state index is 0.0808. The number of carbonyl (C=O) groups is 1. The van der Waals surface area contributed by atoms with Crippen LogP contribution in [0.5, 0.6) is 0 Å². The molecule has 0 saturated heterocycles. The van der Waals surface area contributed by atoms with Crippen LogP contribution < -0.4 is 0 Å². The van der Waals surface area contributed by atoms with Crippen molar-refractivity contribution < 1.29 is 9.53 Å². The summed E-state index contributed by atoms with van der Waals surface area (Å²) in [5.41, 5.74) is 3.81.